The number of rotatable bonds is 7. The molecule has 0 heterocycles. The predicted molar refractivity (Wildman–Crippen MR) is 62.5 cm³/mol. The van der Waals surface area contributed by atoms with Crippen LogP contribution in [0.2, 0.25) is 0 Å². The van der Waals surface area contributed by atoms with Crippen molar-refractivity contribution >= 4 is 5.97 Å². The molecule has 0 fully saturated rings. The second kappa shape index (κ2) is 8.48. The van der Waals surface area contributed by atoms with E-state index in [1.165, 1.54) is 12.8 Å². The molecule has 0 saturated heterocycles. The quantitative estimate of drug-likeness (QED) is 0.401. The summed E-state index contributed by atoms with van der Waals surface area (Å²) >= 11 is 0. The van der Waals surface area contributed by atoms with Crippen molar-refractivity contribution in [1.82, 2.24) is 0 Å². The highest BCUT2D eigenvalue weighted by molar-refractivity contribution is 5.87. The number of carbonyl (C=O) groups is 1. The van der Waals surface area contributed by atoms with Gasteiger partial charge in [0.2, 0.25) is 0 Å². The van der Waals surface area contributed by atoms with Crippen LogP contribution in [0.15, 0.2) is 11.6 Å². The summed E-state index contributed by atoms with van der Waals surface area (Å²) in [5.41, 5.74) is 6.14. The monoisotopic (exact) mass is 213 g/mol. The van der Waals surface area contributed by atoms with Crippen molar-refractivity contribution in [3.05, 3.63) is 11.6 Å². The Hall–Kier alpha value is -0.830. The molecule has 3 nitrogen and oxygen atoms in total. The van der Waals surface area contributed by atoms with E-state index >= 15 is 0 Å². The maximum absolute atomic E-state index is 11.4. The van der Waals surface area contributed by atoms with E-state index in [0.29, 0.717) is 12.2 Å². The average Bonchev–Trinajstić information content (AvgIpc) is 2.16. The minimum absolute atomic E-state index is 0.0994. The van der Waals surface area contributed by atoms with Gasteiger partial charge in [-0.1, -0.05) is 32.3 Å². The lowest BCUT2D eigenvalue weighted by molar-refractivity contribution is -0.139. The first kappa shape index (κ1) is 14.2. The number of unbranched alkanes of at least 4 members (excludes halogenated alkanes) is 3. The molecular weight excluding hydrogens is 190 g/mol. The van der Waals surface area contributed by atoms with E-state index in [4.69, 9.17) is 10.5 Å². The second-order valence-electron chi connectivity index (χ2n) is 3.91. The minimum atomic E-state index is -0.246. The third-order valence-corrected chi connectivity index (χ3v) is 2.07. The summed E-state index contributed by atoms with van der Waals surface area (Å²) in [6, 6.07) is -0.0994. The normalized spacial score (nSPS) is 13.7. The molecule has 1 atom stereocenters. The predicted octanol–water partition coefficient (Wildman–Crippen LogP) is 2.40. The number of hydrogen-bond acceptors (Lipinski definition) is 3. The number of carbonyl (C=O) groups excluding carboxylic acids is 1. The molecule has 0 radical (unpaired) electrons. The van der Waals surface area contributed by atoms with E-state index in [-0.39, 0.29) is 12.0 Å². The van der Waals surface area contributed by atoms with E-state index in [9.17, 15) is 4.79 Å². The van der Waals surface area contributed by atoms with Gasteiger partial charge in [-0.15, -0.1) is 0 Å². The van der Waals surface area contributed by atoms with Crippen LogP contribution < -0.4 is 5.73 Å². The van der Waals surface area contributed by atoms with Crippen molar-refractivity contribution in [1.29, 1.82) is 0 Å². The zero-order valence-electron chi connectivity index (χ0n) is 10.1. The number of esters is 1. The van der Waals surface area contributed by atoms with Gasteiger partial charge in [0.1, 0.15) is 0 Å². The molecule has 3 heteroatoms. The lowest BCUT2D eigenvalue weighted by Gasteiger charge is -2.05. The molecule has 0 aliphatic carbocycles. The van der Waals surface area contributed by atoms with Gasteiger partial charge in [-0.2, -0.15) is 0 Å². The molecule has 0 aromatic heterocycles. The molecular formula is C12H23NO2. The molecule has 0 aromatic carbocycles. The van der Waals surface area contributed by atoms with Gasteiger partial charge in [0, 0.05) is 11.6 Å². The maximum Gasteiger partial charge on any atom is 0.333 e. The van der Waals surface area contributed by atoms with Crippen molar-refractivity contribution in [3.63, 3.8) is 0 Å². The highest BCUT2D eigenvalue weighted by Gasteiger charge is 2.05. The summed E-state index contributed by atoms with van der Waals surface area (Å²) in [7, 11) is 0. The van der Waals surface area contributed by atoms with Gasteiger partial charge in [0.25, 0.3) is 0 Å². The van der Waals surface area contributed by atoms with Crippen LogP contribution in [0, 0.1) is 0 Å². The highest BCUT2D eigenvalue weighted by atomic mass is 16.5. The number of nitrogens with two attached hydrogens (primary N) is 1. The summed E-state index contributed by atoms with van der Waals surface area (Å²) in [4.78, 5) is 11.4. The third-order valence-electron chi connectivity index (χ3n) is 2.07. The van der Waals surface area contributed by atoms with Crippen molar-refractivity contribution in [2.24, 2.45) is 5.73 Å². The van der Waals surface area contributed by atoms with Crippen LogP contribution >= 0.6 is 0 Å². The van der Waals surface area contributed by atoms with Gasteiger partial charge >= 0.3 is 5.97 Å². The second-order valence-corrected chi connectivity index (χ2v) is 3.91. The summed E-state index contributed by atoms with van der Waals surface area (Å²) in [6.07, 6.45) is 6.18. The van der Waals surface area contributed by atoms with Crippen LogP contribution in [-0.4, -0.2) is 18.6 Å². The summed E-state index contributed by atoms with van der Waals surface area (Å²) in [6.45, 7) is 6.24. The highest BCUT2D eigenvalue weighted by Crippen LogP contribution is 2.02. The SMILES string of the molecule is CCCCCCOC(=O)C(C)=CC(C)N. The first-order valence-corrected chi connectivity index (χ1v) is 5.69. The minimum Gasteiger partial charge on any atom is -0.462 e. The molecule has 15 heavy (non-hydrogen) atoms. The molecule has 0 saturated carbocycles. The van der Waals surface area contributed by atoms with Crippen molar-refractivity contribution in [2.45, 2.75) is 52.5 Å². The van der Waals surface area contributed by atoms with Crippen molar-refractivity contribution in [3.8, 4) is 0 Å². The Balaban J connectivity index is 3.65. The Kier molecular flexibility index (Phi) is 8.01. The number of hydrogen-bond donors (Lipinski definition) is 1. The Labute approximate surface area is 92.7 Å². The fourth-order valence-corrected chi connectivity index (χ4v) is 1.27. The molecule has 0 rings (SSSR count). The Morgan fingerprint density at radius 3 is 2.60 bits per heavy atom. The van der Waals surface area contributed by atoms with Gasteiger partial charge in [0.15, 0.2) is 0 Å². The van der Waals surface area contributed by atoms with Crippen LogP contribution in [0.5, 0.6) is 0 Å². The Bertz CT molecular complexity index is 210. The van der Waals surface area contributed by atoms with E-state index in [2.05, 4.69) is 6.92 Å². The molecule has 0 amide bonds. The van der Waals surface area contributed by atoms with Crippen LogP contribution in [-0.2, 0) is 9.53 Å². The lowest BCUT2D eigenvalue weighted by Crippen LogP contribution is -2.15. The molecule has 0 aliphatic heterocycles. The van der Waals surface area contributed by atoms with E-state index in [0.717, 1.165) is 12.8 Å². The Morgan fingerprint density at radius 2 is 2.07 bits per heavy atom. The van der Waals surface area contributed by atoms with Crippen molar-refractivity contribution < 1.29 is 9.53 Å². The fourth-order valence-electron chi connectivity index (χ4n) is 1.27. The molecule has 0 bridgehead atoms. The van der Waals surface area contributed by atoms with Gasteiger partial charge in [0.05, 0.1) is 6.61 Å². The molecule has 1 unspecified atom stereocenters. The van der Waals surface area contributed by atoms with Gasteiger partial charge < -0.3 is 10.5 Å². The summed E-state index contributed by atoms with van der Waals surface area (Å²) in [5, 5.41) is 0. The zero-order valence-corrected chi connectivity index (χ0v) is 10.1. The van der Waals surface area contributed by atoms with Crippen LogP contribution in [0.3, 0.4) is 0 Å². The van der Waals surface area contributed by atoms with Crippen LogP contribution in [0.25, 0.3) is 0 Å². The molecule has 88 valence electrons. The molecule has 0 spiro atoms. The van der Waals surface area contributed by atoms with Crippen molar-refractivity contribution in [2.75, 3.05) is 6.61 Å². The smallest absolute Gasteiger partial charge is 0.333 e. The molecule has 0 aromatic rings. The number of ether oxygens (including phenoxy) is 1. The van der Waals surface area contributed by atoms with Gasteiger partial charge in [-0.3, -0.25) is 0 Å². The fraction of sp³-hybridized carbons (Fsp3) is 0.750. The van der Waals surface area contributed by atoms with Gasteiger partial charge in [-0.25, -0.2) is 4.79 Å². The standard InChI is InChI=1S/C12H23NO2/c1-4-5-6-7-8-15-12(14)10(2)9-11(3)13/h9,11H,4-8,13H2,1-3H3. The third kappa shape index (κ3) is 8.18. The maximum atomic E-state index is 11.4. The van der Waals surface area contributed by atoms with Crippen LogP contribution in [0.1, 0.15) is 46.5 Å². The molecule has 0 aliphatic rings. The lowest BCUT2D eigenvalue weighted by atomic mass is 10.2. The average molecular weight is 213 g/mol. The van der Waals surface area contributed by atoms with E-state index in [1.807, 2.05) is 6.92 Å². The zero-order chi connectivity index (χ0) is 11.7. The van der Waals surface area contributed by atoms with E-state index in [1.54, 1.807) is 13.0 Å². The largest absolute Gasteiger partial charge is 0.462 e. The topological polar surface area (TPSA) is 52.3 Å². The Morgan fingerprint density at radius 1 is 1.40 bits per heavy atom. The van der Waals surface area contributed by atoms with Crippen LogP contribution in [0.4, 0.5) is 0 Å². The summed E-state index contributed by atoms with van der Waals surface area (Å²) < 4.78 is 5.09. The van der Waals surface area contributed by atoms with E-state index < -0.39 is 0 Å². The first-order valence-electron chi connectivity index (χ1n) is 5.69. The molecule has 2 N–H and O–H groups in total. The first-order chi connectivity index (χ1) is 7.07. The van der Waals surface area contributed by atoms with Gasteiger partial charge in [-0.05, 0) is 20.3 Å². The summed E-state index contributed by atoms with van der Waals surface area (Å²) in [5.74, 6) is -0.246.